The Labute approximate surface area is 184 Å². The minimum Gasteiger partial charge on any atom is -0.325 e. The van der Waals surface area contributed by atoms with Crippen LogP contribution in [0.4, 0.5) is 18.9 Å². The number of rotatable bonds is 4. The van der Waals surface area contributed by atoms with Gasteiger partial charge in [0.05, 0.1) is 11.6 Å². The van der Waals surface area contributed by atoms with Gasteiger partial charge in [0.25, 0.3) is 0 Å². The molecule has 2 heterocycles. The fourth-order valence-electron chi connectivity index (χ4n) is 4.22. The van der Waals surface area contributed by atoms with Gasteiger partial charge in [0.2, 0.25) is 5.91 Å². The molecule has 31 heavy (non-hydrogen) atoms. The van der Waals surface area contributed by atoms with Crippen molar-refractivity contribution in [2.45, 2.75) is 51.0 Å². The Morgan fingerprint density at radius 2 is 2.00 bits per heavy atom. The van der Waals surface area contributed by atoms with E-state index in [1.54, 1.807) is 12.1 Å². The van der Waals surface area contributed by atoms with Crippen molar-refractivity contribution in [1.82, 2.24) is 10.2 Å². The number of nitrogens with zero attached hydrogens (tertiary/aromatic N) is 1. The second-order valence-corrected chi connectivity index (χ2v) is 8.65. The van der Waals surface area contributed by atoms with Crippen LogP contribution in [-0.4, -0.2) is 29.9 Å². The Hall–Kier alpha value is -2.09. The first kappa shape index (κ1) is 22.1. The van der Waals surface area contributed by atoms with Crippen LogP contribution in [0.1, 0.15) is 41.5 Å². The van der Waals surface area contributed by atoms with Crippen LogP contribution in [0.25, 0.3) is 0 Å². The molecule has 166 valence electrons. The van der Waals surface area contributed by atoms with Crippen LogP contribution in [0.2, 0.25) is 5.02 Å². The van der Waals surface area contributed by atoms with E-state index in [0.29, 0.717) is 36.8 Å². The number of fused-ring (bicyclic) bond motifs is 1. The molecule has 4 nitrogen and oxygen atoms in total. The summed E-state index contributed by atoms with van der Waals surface area (Å²) in [5.74, 6) is -0.0469. The summed E-state index contributed by atoms with van der Waals surface area (Å²) in [5.41, 5.74) is 2.66. The molecule has 0 spiro atoms. The lowest BCUT2D eigenvalue weighted by Gasteiger charge is -2.29. The largest absolute Gasteiger partial charge is 0.416 e. The maximum Gasteiger partial charge on any atom is 0.416 e. The average molecular weight is 452 g/mol. The minimum atomic E-state index is -4.32. The Balaban J connectivity index is 1.38. The molecule has 1 saturated heterocycles. The molecule has 0 bridgehead atoms. The fraction of sp³-hybridized carbons (Fsp3) is 0.435. The van der Waals surface area contributed by atoms with E-state index in [-0.39, 0.29) is 11.9 Å². The number of halogens is 4. The smallest absolute Gasteiger partial charge is 0.325 e. The van der Waals surface area contributed by atoms with Gasteiger partial charge < -0.3 is 10.6 Å². The van der Waals surface area contributed by atoms with Crippen LogP contribution >= 0.6 is 11.6 Å². The first-order chi connectivity index (χ1) is 14.8. The van der Waals surface area contributed by atoms with Gasteiger partial charge in [-0.15, -0.1) is 0 Å². The highest BCUT2D eigenvalue weighted by molar-refractivity contribution is 6.31. The molecule has 2 aromatic carbocycles. The summed E-state index contributed by atoms with van der Waals surface area (Å²) in [6.07, 6.45) is -0.780. The van der Waals surface area contributed by atoms with Crippen molar-refractivity contribution in [3.8, 4) is 0 Å². The number of carbonyl (C=O) groups excluding carboxylic acids is 1. The van der Waals surface area contributed by atoms with Crippen LogP contribution in [0.15, 0.2) is 36.4 Å². The van der Waals surface area contributed by atoms with E-state index >= 15 is 0 Å². The summed E-state index contributed by atoms with van der Waals surface area (Å²) >= 11 is 6.47. The van der Waals surface area contributed by atoms with Crippen molar-refractivity contribution in [3.05, 3.63) is 63.7 Å². The molecule has 1 fully saturated rings. The van der Waals surface area contributed by atoms with Crippen LogP contribution in [0.3, 0.4) is 0 Å². The standard InChI is InChI=1S/C23H25ClF3N3O/c24-20-12-19(29-22(31)21-3-1-2-9-28-21)7-5-17(20)14-30-10-8-15-11-18(23(25,26)27)6-4-16(15)13-30/h4-7,11-12,21,28H,1-3,8-10,13-14H2,(H,29,31)/t21-/m1/s1. The van der Waals surface area contributed by atoms with E-state index in [1.807, 2.05) is 12.1 Å². The van der Waals surface area contributed by atoms with Crippen molar-refractivity contribution in [2.75, 3.05) is 18.4 Å². The third-order valence-corrected chi connectivity index (χ3v) is 6.32. The average Bonchev–Trinajstić information content (AvgIpc) is 2.75. The Morgan fingerprint density at radius 1 is 1.16 bits per heavy atom. The zero-order valence-electron chi connectivity index (χ0n) is 17.1. The van der Waals surface area contributed by atoms with E-state index in [9.17, 15) is 18.0 Å². The van der Waals surface area contributed by atoms with Gasteiger partial charge in [-0.1, -0.05) is 30.2 Å². The van der Waals surface area contributed by atoms with Crippen molar-refractivity contribution in [3.63, 3.8) is 0 Å². The summed E-state index contributed by atoms with van der Waals surface area (Å²) < 4.78 is 38.8. The number of piperidine rings is 1. The lowest BCUT2D eigenvalue weighted by Crippen LogP contribution is -2.43. The van der Waals surface area contributed by atoms with Gasteiger partial charge in [-0.25, -0.2) is 0 Å². The summed E-state index contributed by atoms with van der Waals surface area (Å²) in [7, 11) is 0. The van der Waals surface area contributed by atoms with E-state index in [4.69, 9.17) is 11.6 Å². The molecule has 0 aliphatic carbocycles. The fourth-order valence-corrected chi connectivity index (χ4v) is 4.46. The van der Waals surface area contributed by atoms with Crippen LogP contribution in [-0.2, 0) is 30.5 Å². The van der Waals surface area contributed by atoms with Crippen molar-refractivity contribution < 1.29 is 18.0 Å². The molecule has 0 aromatic heterocycles. The van der Waals surface area contributed by atoms with Crippen molar-refractivity contribution >= 4 is 23.2 Å². The second kappa shape index (κ2) is 9.18. The Bertz CT molecular complexity index is 958. The summed E-state index contributed by atoms with van der Waals surface area (Å²) in [6.45, 7) is 2.69. The molecular formula is C23H25ClF3N3O. The Morgan fingerprint density at radius 3 is 2.71 bits per heavy atom. The third-order valence-electron chi connectivity index (χ3n) is 5.97. The summed E-state index contributed by atoms with van der Waals surface area (Å²) in [4.78, 5) is 14.6. The molecule has 1 amide bonds. The van der Waals surface area contributed by atoms with Gasteiger partial charge in [-0.3, -0.25) is 9.69 Å². The predicted octanol–water partition coefficient (Wildman–Crippen LogP) is 5.00. The van der Waals surface area contributed by atoms with Gasteiger partial charge in [-0.2, -0.15) is 13.2 Å². The molecule has 1 atom stereocenters. The number of alkyl halides is 3. The normalized spacial score (nSPS) is 19.7. The van der Waals surface area contributed by atoms with Gasteiger partial charge in [0, 0.05) is 30.3 Å². The quantitative estimate of drug-likeness (QED) is 0.687. The van der Waals surface area contributed by atoms with Crippen LogP contribution in [0.5, 0.6) is 0 Å². The number of anilines is 1. The van der Waals surface area contributed by atoms with Gasteiger partial charge >= 0.3 is 6.18 Å². The highest BCUT2D eigenvalue weighted by Crippen LogP contribution is 2.32. The lowest BCUT2D eigenvalue weighted by atomic mass is 9.96. The molecule has 0 radical (unpaired) electrons. The van der Waals surface area contributed by atoms with Gasteiger partial charge in [-0.05, 0) is 66.8 Å². The van der Waals surface area contributed by atoms with Crippen molar-refractivity contribution in [1.29, 1.82) is 0 Å². The molecule has 2 N–H and O–H groups in total. The lowest BCUT2D eigenvalue weighted by molar-refractivity contribution is -0.137. The second-order valence-electron chi connectivity index (χ2n) is 8.24. The molecule has 4 rings (SSSR count). The predicted molar refractivity (Wildman–Crippen MR) is 115 cm³/mol. The number of hydrogen-bond acceptors (Lipinski definition) is 3. The van der Waals surface area contributed by atoms with E-state index < -0.39 is 11.7 Å². The van der Waals surface area contributed by atoms with E-state index in [0.717, 1.165) is 48.6 Å². The number of carbonyl (C=O) groups is 1. The van der Waals surface area contributed by atoms with Crippen molar-refractivity contribution in [2.24, 2.45) is 0 Å². The zero-order valence-corrected chi connectivity index (χ0v) is 17.8. The molecular weight excluding hydrogens is 427 g/mol. The topological polar surface area (TPSA) is 44.4 Å². The maximum atomic E-state index is 12.9. The third kappa shape index (κ3) is 5.40. The number of hydrogen-bond donors (Lipinski definition) is 2. The monoisotopic (exact) mass is 451 g/mol. The highest BCUT2D eigenvalue weighted by atomic mass is 35.5. The highest BCUT2D eigenvalue weighted by Gasteiger charge is 2.31. The molecule has 0 saturated carbocycles. The number of amides is 1. The van der Waals surface area contributed by atoms with E-state index in [2.05, 4.69) is 15.5 Å². The molecule has 2 aromatic rings. The van der Waals surface area contributed by atoms with Gasteiger partial charge in [0.1, 0.15) is 0 Å². The molecule has 8 heteroatoms. The molecule has 0 unspecified atom stereocenters. The van der Waals surface area contributed by atoms with Crippen LogP contribution < -0.4 is 10.6 Å². The number of nitrogens with one attached hydrogen (secondary N) is 2. The van der Waals surface area contributed by atoms with E-state index in [1.165, 1.54) is 6.07 Å². The zero-order chi connectivity index (χ0) is 22.0. The van der Waals surface area contributed by atoms with Crippen LogP contribution in [0, 0.1) is 0 Å². The SMILES string of the molecule is O=C(Nc1ccc(CN2CCc3cc(C(F)(F)F)ccc3C2)c(Cl)c1)[C@H]1CCCCN1. The molecule has 2 aliphatic heterocycles. The summed E-state index contributed by atoms with van der Waals surface area (Å²) in [5, 5.41) is 6.71. The summed E-state index contributed by atoms with van der Waals surface area (Å²) in [6, 6.07) is 9.31. The Kier molecular flexibility index (Phi) is 6.55. The number of benzene rings is 2. The molecule has 2 aliphatic rings. The first-order valence-corrected chi connectivity index (χ1v) is 10.9. The maximum absolute atomic E-state index is 12.9. The van der Waals surface area contributed by atoms with Gasteiger partial charge in [0.15, 0.2) is 0 Å². The first-order valence-electron chi connectivity index (χ1n) is 10.5. The minimum absolute atomic E-state index is 0.0469.